The summed E-state index contributed by atoms with van der Waals surface area (Å²) in [6.45, 7) is 7.70. The van der Waals surface area contributed by atoms with Gasteiger partial charge in [0.25, 0.3) is 0 Å². The molecule has 27 heavy (non-hydrogen) atoms. The molecule has 2 aromatic rings. The zero-order valence-electron chi connectivity index (χ0n) is 16.2. The molecule has 1 aliphatic heterocycles. The number of nitrogens with one attached hydrogen (secondary N) is 1. The lowest BCUT2D eigenvalue weighted by molar-refractivity contribution is -0.125. The van der Waals surface area contributed by atoms with Crippen molar-refractivity contribution >= 4 is 5.91 Å². The van der Waals surface area contributed by atoms with Crippen LogP contribution < -0.4 is 20.5 Å². The van der Waals surface area contributed by atoms with Crippen LogP contribution in [-0.4, -0.2) is 25.7 Å². The number of hydrogen-bond donors (Lipinski definition) is 2. The van der Waals surface area contributed by atoms with Gasteiger partial charge in [-0.2, -0.15) is 0 Å². The minimum atomic E-state index is -0.330. The Morgan fingerprint density at radius 3 is 2.48 bits per heavy atom. The summed E-state index contributed by atoms with van der Waals surface area (Å²) in [6, 6.07) is 15.3. The maximum Gasteiger partial charge on any atom is 0.224 e. The van der Waals surface area contributed by atoms with E-state index in [9.17, 15) is 4.79 Å². The number of benzene rings is 2. The third-order valence-electron chi connectivity index (χ3n) is 5.16. The van der Waals surface area contributed by atoms with Crippen molar-refractivity contribution in [1.29, 1.82) is 0 Å². The molecule has 0 bridgehead atoms. The van der Waals surface area contributed by atoms with Crippen molar-refractivity contribution in [1.82, 2.24) is 5.32 Å². The molecule has 0 fully saturated rings. The maximum atomic E-state index is 12.6. The van der Waals surface area contributed by atoms with Gasteiger partial charge in [0, 0.05) is 18.0 Å². The standard InChI is InChI=1S/C22H28N2O3/c1-15(20(23)16-7-5-4-6-8-16)21(25)24-14-22(2,3)17-9-10-18-19(13-17)27-12-11-26-18/h4-10,13,15,20H,11-12,14,23H2,1-3H3,(H,24,25). The summed E-state index contributed by atoms with van der Waals surface area (Å²) in [5.74, 6) is 1.17. The minimum Gasteiger partial charge on any atom is -0.486 e. The van der Waals surface area contributed by atoms with Crippen LogP contribution >= 0.6 is 0 Å². The fraction of sp³-hybridized carbons (Fsp3) is 0.409. The first-order valence-electron chi connectivity index (χ1n) is 9.37. The van der Waals surface area contributed by atoms with E-state index in [4.69, 9.17) is 15.2 Å². The first-order valence-corrected chi connectivity index (χ1v) is 9.37. The summed E-state index contributed by atoms with van der Waals surface area (Å²) in [4.78, 5) is 12.6. The molecule has 1 heterocycles. The SMILES string of the molecule is CC(C(=O)NCC(C)(C)c1ccc2c(c1)OCCO2)C(N)c1ccccc1. The van der Waals surface area contributed by atoms with Crippen molar-refractivity contribution in [3.05, 3.63) is 59.7 Å². The topological polar surface area (TPSA) is 73.6 Å². The Hall–Kier alpha value is -2.53. The average Bonchev–Trinajstić information content (AvgIpc) is 2.71. The predicted octanol–water partition coefficient (Wildman–Crippen LogP) is 3.19. The summed E-state index contributed by atoms with van der Waals surface area (Å²) in [5.41, 5.74) is 8.08. The Morgan fingerprint density at radius 2 is 1.78 bits per heavy atom. The number of rotatable bonds is 6. The molecule has 2 aromatic carbocycles. The van der Waals surface area contributed by atoms with E-state index in [1.54, 1.807) is 0 Å². The van der Waals surface area contributed by atoms with Crippen LogP contribution in [0.2, 0.25) is 0 Å². The van der Waals surface area contributed by atoms with E-state index in [2.05, 4.69) is 19.2 Å². The smallest absolute Gasteiger partial charge is 0.224 e. The van der Waals surface area contributed by atoms with Gasteiger partial charge in [-0.1, -0.05) is 57.2 Å². The summed E-state index contributed by atoms with van der Waals surface area (Å²) in [7, 11) is 0. The van der Waals surface area contributed by atoms with Gasteiger partial charge < -0.3 is 20.5 Å². The lowest BCUT2D eigenvalue weighted by Crippen LogP contribution is -2.41. The summed E-state index contributed by atoms with van der Waals surface area (Å²) in [5, 5.41) is 3.06. The molecule has 0 radical (unpaired) electrons. The molecule has 0 saturated heterocycles. The Bertz CT molecular complexity index is 789. The third-order valence-corrected chi connectivity index (χ3v) is 5.16. The Kier molecular flexibility index (Phi) is 5.71. The number of carbonyl (C=O) groups excluding carboxylic acids is 1. The highest BCUT2D eigenvalue weighted by Gasteiger charge is 2.27. The normalized spacial score (nSPS) is 15.7. The monoisotopic (exact) mass is 368 g/mol. The van der Waals surface area contributed by atoms with Gasteiger partial charge in [-0.05, 0) is 23.3 Å². The van der Waals surface area contributed by atoms with E-state index in [1.165, 1.54) is 0 Å². The predicted molar refractivity (Wildman–Crippen MR) is 106 cm³/mol. The van der Waals surface area contributed by atoms with E-state index in [0.717, 1.165) is 22.6 Å². The molecule has 144 valence electrons. The number of amides is 1. The van der Waals surface area contributed by atoms with Gasteiger partial charge in [0.15, 0.2) is 11.5 Å². The molecule has 5 nitrogen and oxygen atoms in total. The second-order valence-electron chi connectivity index (χ2n) is 7.69. The van der Waals surface area contributed by atoms with Gasteiger partial charge in [0.2, 0.25) is 5.91 Å². The molecule has 3 rings (SSSR count). The molecule has 2 unspecified atom stereocenters. The van der Waals surface area contributed by atoms with Crippen molar-refractivity contribution < 1.29 is 14.3 Å². The van der Waals surface area contributed by atoms with Crippen molar-refractivity contribution in [2.75, 3.05) is 19.8 Å². The zero-order valence-corrected chi connectivity index (χ0v) is 16.2. The molecule has 2 atom stereocenters. The average molecular weight is 368 g/mol. The van der Waals surface area contributed by atoms with Crippen LogP contribution in [0.25, 0.3) is 0 Å². The molecular weight excluding hydrogens is 340 g/mol. The van der Waals surface area contributed by atoms with Crippen molar-refractivity contribution in [3.8, 4) is 11.5 Å². The lowest BCUT2D eigenvalue weighted by Gasteiger charge is -2.29. The molecule has 1 aliphatic rings. The largest absolute Gasteiger partial charge is 0.486 e. The highest BCUT2D eigenvalue weighted by atomic mass is 16.6. The summed E-state index contributed by atoms with van der Waals surface area (Å²) >= 11 is 0. The quantitative estimate of drug-likeness (QED) is 0.821. The maximum absolute atomic E-state index is 12.6. The molecular formula is C22H28N2O3. The number of nitrogens with two attached hydrogens (primary N) is 1. The van der Waals surface area contributed by atoms with E-state index in [0.29, 0.717) is 19.8 Å². The third kappa shape index (κ3) is 4.42. The van der Waals surface area contributed by atoms with Gasteiger partial charge >= 0.3 is 0 Å². The van der Waals surface area contributed by atoms with Gasteiger partial charge in [-0.15, -0.1) is 0 Å². The minimum absolute atomic E-state index is 0.0445. The molecule has 3 N–H and O–H groups in total. The van der Waals surface area contributed by atoms with Crippen LogP contribution in [0.1, 0.15) is 37.9 Å². The van der Waals surface area contributed by atoms with Gasteiger partial charge in [0.05, 0.1) is 5.92 Å². The van der Waals surface area contributed by atoms with Crippen LogP contribution in [0.5, 0.6) is 11.5 Å². The number of fused-ring (bicyclic) bond motifs is 1. The first kappa shape index (κ1) is 19.2. The lowest BCUT2D eigenvalue weighted by atomic mass is 9.84. The van der Waals surface area contributed by atoms with Crippen LogP contribution in [0, 0.1) is 5.92 Å². The second kappa shape index (κ2) is 8.01. The van der Waals surface area contributed by atoms with Gasteiger partial charge in [0.1, 0.15) is 13.2 Å². The van der Waals surface area contributed by atoms with Crippen LogP contribution in [0.4, 0.5) is 0 Å². The summed E-state index contributed by atoms with van der Waals surface area (Å²) < 4.78 is 11.3. The van der Waals surface area contributed by atoms with Crippen LogP contribution in [-0.2, 0) is 10.2 Å². The van der Waals surface area contributed by atoms with Crippen molar-refractivity contribution in [2.45, 2.75) is 32.2 Å². The molecule has 0 aromatic heterocycles. The van der Waals surface area contributed by atoms with Crippen molar-refractivity contribution in [2.24, 2.45) is 11.7 Å². The summed E-state index contributed by atoms with van der Waals surface area (Å²) in [6.07, 6.45) is 0. The molecule has 1 amide bonds. The Morgan fingerprint density at radius 1 is 1.11 bits per heavy atom. The van der Waals surface area contributed by atoms with E-state index < -0.39 is 0 Å². The van der Waals surface area contributed by atoms with Crippen molar-refractivity contribution in [3.63, 3.8) is 0 Å². The highest BCUT2D eigenvalue weighted by Crippen LogP contribution is 2.35. The molecule has 0 saturated carbocycles. The Balaban J connectivity index is 1.63. The van der Waals surface area contributed by atoms with E-state index >= 15 is 0 Å². The first-order chi connectivity index (χ1) is 12.9. The van der Waals surface area contributed by atoms with Gasteiger partial charge in [-0.25, -0.2) is 0 Å². The van der Waals surface area contributed by atoms with E-state index in [-0.39, 0.29) is 23.3 Å². The number of ether oxygens (including phenoxy) is 2. The molecule has 5 heteroatoms. The fourth-order valence-corrected chi connectivity index (χ4v) is 3.16. The van der Waals surface area contributed by atoms with E-state index in [1.807, 2.05) is 55.5 Å². The van der Waals surface area contributed by atoms with Crippen LogP contribution in [0.3, 0.4) is 0 Å². The Labute approximate surface area is 160 Å². The number of carbonyl (C=O) groups is 1. The molecule has 0 spiro atoms. The highest BCUT2D eigenvalue weighted by molar-refractivity contribution is 5.79. The fourth-order valence-electron chi connectivity index (χ4n) is 3.16. The number of hydrogen-bond acceptors (Lipinski definition) is 4. The van der Waals surface area contributed by atoms with Gasteiger partial charge in [-0.3, -0.25) is 4.79 Å². The zero-order chi connectivity index (χ0) is 19.4. The molecule has 0 aliphatic carbocycles. The second-order valence-corrected chi connectivity index (χ2v) is 7.69. The van der Waals surface area contributed by atoms with Crippen LogP contribution in [0.15, 0.2) is 48.5 Å².